The van der Waals surface area contributed by atoms with E-state index >= 15 is 0 Å². The topological polar surface area (TPSA) is 181 Å². The molecule has 1 aliphatic heterocycles. The fraction of sp³-hybridized carbons (Fsp3) is 0.765. The van der Waals surface area contributed by atoms with E-state index in [1.54, 1.807) is 12.2 Å². The summed E-state index contributed by atoms with van der Waals surface area (Å²) in [7, 11) is 0. The molecule has 47 heavy (non-hydrogen) atoms. The minimum atomic E-state index is -1.37. The van der Waals surface area contributed by atoms with Crippen LogP contribution in [0.15, 0.2) is 23.8 Å². The van der Waals surface area contributed by atoms with Gasteiger partial charge < -0.3 is 24.6 Å². The number of aliphatic hydroxyl groups is 1. The molecular weight excluding hydrogens is 612 g/mol. The molecule has 4 aliphatic carbocycles. The minimum absolute atomic E-state index is 0.0225. The van der Waals surface area contributed by atoms with Gasteiger partial charge in [-0.05, 0) is 68.9 Å². The first-order valence-corrected chi connectivity index (χ1v) is 17.1. The van der Waals surface area contributed by atoms with Crippen LogP contribution in [0.2, 0.25) is 0 Å². The van der Waals surface area contributed by atoms with Crippen LogP contribution < -0.4 is 5.32 Å². The number of fused-ring (bicyclic) bond motifs is 7. The summed E-state index contributed by atoms with van der Waals surface area (Å²) in [5.41, 5.74) is -1.51. The van der Waals surface area contributed by atoms with Gasteiger partial charge in [-0.15, -0.1) is 0 Å². The van der Waals surface area contributed by atoms with Crippen molar-refractivity contribution in [2.75, 3.05) is 19.8 Å². The van der Waals surface area contributed by atoms with Crippen LogP contribution in [0, 0.1) is 28.6 Å². The Morgan fingerprint density at radius 1 is 1.15 bits per heavy atom. The predicted octanol–water partition coefficient (Wildman–Crippen LogP) is 3.35. The predicted molar refractivity (Wildman–Crippen MR) is 164 cm³/mol. The smallest absolute Gasteiger partial charge is 0.308 e. The van der Waals surface area contributed by atoms with Crippen molar-refractivity contribution < 1.29 is 53.7 Å². The molecule has 0 aromatic carbocycles. The molecule has 3 saturated carbocycles. The molecule has 4 N–H and O–H groups in total. The summed E-state index contributed by atoms with van der Waals surface area (Å²) in [6.45, 7) is 5.83. The second-order valence-electron chi connectivity index (χ2n) is 14.2. The van der Waals surface area contributed by atoms with Gasteiger partial charge in [0.25, 0.3) is 0 Å². The van der Waals surface area contributed by atoms with E-state index in [1.807, 2.05) is 19.9 Å². The van der Waals surface area contributed by atoms with Crippen LogP contribution in [-0.2, 0) is 38.2 Å². The number of amides is 1. The van der Waals surface area contributed by atoms with E-state index in [1.165, 1.54) is 0 Å². The Hall–Kier alpha value is -2.52. The van der Waals surface area contributed by atoms with E-state index in [2.05, 4.69) is 17.1 Å². The van der Waals surface area contributed by atoms with E-state index in [4.69, 9.17) is 24.6 Å². The molecule has 0 bridgehead atoms. The first kappa shape index (κ1) is 35.8. The number of carbonyl (C=O) groups excluding carboxylic acids is 4. The van der Waals surface area contributed by atoms with E-state index in [0.717, 1.165) is 24.8 Å². The molecule has 9 atom stereocenters. The average Bonchev–Trinajstić information content (AvgIpc) is 3.49. The van der Waals surface area contributed by atoms with Crippen LogP contribution in [-0.4, -0.2) is 88.2 Å². The van der Waals surface area contributed by atoms with Gasteiger partial charge in [0.2, 0.25) is 11.7 Å². The summed E-state index contributed by atoms with van der Waals surface area (Å²) in [6, 6.07) is 0. The second kappa shape index (κ2) is 14.5. The van der Waals surface area contributed by atoms with Crippen LogP contribution in [0.5, 0.6) is 0 Å². The van der Waals surface area contributed by atoms with Crippen LogP contribution in [0.3, 0.4) is 0 Å². The monoisotopic (exact) mass is 662 g/mol. The normalized spacial score (nSPS) is 37.1. The number of hydrogen-bond acceptors (Lipinski definition) is 12. The molecule has 1 amide bonds. The largest absolute Gasteiger partial charge is 0.457 e. The molecular formula is C34H50N2O11. The minimum Gasteiger partial charge on any atom is -0.457 e. The number of rotatable bonds is 15. The fourth-order valence-electron chi connectivity index (χ4n) is 9.43. The summed E-state index contributed by atoms with van der Waals surface area (Å²) >= 11 is 0. The number of nitrogens with one attached hydrogen (secondary N) is 1. The summed E-state index contributed by atoms with van der Waals surface area (Å²) in [4.78, 5) is 55.6. The Labute approximate surface area is 275 Å². The maximum atomic E-state index is 14.2. The van der Waals surface area contributed by atoms with Gasteiger partial charge in [0.15, 0.2) is 24.3 Å². The lowest BCUT2D eigenvalue weighted by molar-refractivity contribution is -0.492. The van der Waals surface area contributed by atoms with Gasteiger partial charge in [-0.1, -0.05) is 45.3 Å². The molecule has 5 aliphatic rings. The second-order valence-corrected chi connectivity index (χ2v) is 14.2. The maximum Gasteiger partial charge on any atom is 0.308 e. The molecule has 2 unspecified atom stereocenters. The van der Waals surface area contributed by atoms with Crippen LogP contribution in [0.25, 0.3) is 0 Å². The van der Waals surface area contributed by atoms with E-state index in [9.17, 15) is 24.3 Å². The van der Waals surface area contributed by atoms with Crippen LogP contribution >= 0.6 is 0 Å². The highest BCUT2D eigenvalue weighted by atomic mass is 17.1. The van der Waals surface area contributed by atoms with Crippen LogP contribution in [0.1, 0.15) is 91.4 Å². The number of Topliss-reactive ketones (excluding diaryl/α,β-unsaturated/α-hetero) is 1. The number of carbonyl (C=O) groups is 4. The zero-order valence-electron chi connectivity index (χ0n) is 27.7. The third-order valence-electron chi connectivity index (χ3n) is 11.5. The van der Waals surface area contributed by atoms with Crippen molar-refractivity contribution in [2.24, 2.45) is 28.6 Å². The third kappa shape index (κ3) is 6.85. The summed E-state index contributed by atoms with van der Waals surface area (Å²) in [5.74, 6) is -1.24. The molecule has 1 heterocycles. The fourth-order valence-corrected chi connectivity index (χ4v) is 9.43. The zero-order chi connectivity index (χ0) is 34.0. The maximum absolute atomic E-state index is 14.2. The van der Waals surface area contributed by atoms with Gasteiger partial charge in [0.1, 0.15) is 0 Å². The van der Waals surface area contributed by atoms with Gasteiger partial charge in [0.05, 0.1) is 30.6 Å². The van der Waals surface area contributed by atoms with Crippen molar-refractivity contribution in [2.45, 2.75) is 115 Å². The molecule has 0 aromatic rings. The van der Waals surface area contributed by atoms with Crippen molar-refractivity contribution in [1.82, 2.24) is 10.7 Å². The van der Waals surface area contributed by atoms with E-state index in [0.29, 0.717) is 38.5 Å². The van der Waals surface area contributed by atoms with E-state index in [-0.39, 0.29) is 66.6 Å². The molecule has 13 nitrogen and oxygen atoms in total. The summed E-state index contributed by atoms with van der Waals surface area (Å²) in [5, 5.41) is 31.2. The number of aliphatic hydroxyl groups excluding tert-OH is 1. The quantitative estimate of drug-likeness (QED) is 0.114. The SMILES string of the molecule is CCCC1O[C@@H]2C[C@H]3[C@@H]4CCC5=CC(=O)C=C[C@]5(C)[C@H]4[C@@H](O)C[C@]3(C)C2(C(=O)COC(=O)CCNC(=O)CCCCCON(O)O)O1. The van der Waals surface area contributed by atoms with Gasteiger partial charge in [-0.3, -0.25) is 34.4 Å². The van der Waals surface area contributed by atoms with Crippen molar-refractivity contribution in [3.05, 3.63) is 23.8 Å². The van der Waals surface area contributed by atoms with Crippen molar-refractivity contribution in [3.8, 4) is 0 Å². The molecule has 1 saturated heterocycles. The molecule has 5 rings (SSSR count). The Balaban J connectivity index is 1.20. The first-order valence-electron chi connectivity index (χ1n) is 17.1. The van der Waals surface area contributed by atoms with Gasteiger partial charge in [-0.25, -0.2) is 0 Å². The lowest BCUT2D eigenvalue weighted by Crippen LogP contribution is -2.63. The van der Waals surface area contributed by atoms with Gasteiger partial charge in [0, 0.05) is 29.7 Å². The highest BCUT2D eigenvalue weighted by Gasteiger charge is 2.75. The Bertz CT molecular complexity index is 1270. The number of esters is 1. The number of allylic oxidation sites excluding steroid dienone is 4. The Morgan fingerprint density at radius 2 is 1.94 bits per heavy atom. The lowest BCUT2D eigenvalue weighted by Gasteiger charge is -2.59. The Kier molecular flexibility index (Phi) is 11.1. The average molecular weight is 663 g/mol. The number of hydrogen-bond donors (Lipinski definition) is 4. The van der Waals surface area contributed by atoms with Gasteiger partial charge in [-0.2, -0.15) is 0 Å². The van der Waals surface area contributed by atoms with Crippen molar-refractivity contribution >= 4 is 23.4 Å². The molecule has 262 valence electrons. The first-order chi connectivity index (χ1) is 22.4. The van der Waals surface area contributed by atoms with E-state index < -0.39 is 47.5 Å². The summed E-state index contributed by atoms with van der Waals surface area (Å²) < 4.78 is 18.5. The number of unbranched alkanes of at least 4 members (excludes halogenated alkanes) is 2. The summed E-state index contributed by atoms with van der Waals surface area (Å²) in [6.07, 6.45) is 9.21. The highest BCUT2D eigenvalue weighted by Crippen LogP contribution is 2.69. The van der Waals surface area contributed by atoms with Crippen molar-refractivity contribution in [1.29, 1.82) is 0 Å². The van der Waals surface area contributed by atoms with Crippen molar-refractivity contribution in [3.63, 3.8) is 0 Å². The Morgan fingerprint density at radius 3 is 2.68 bits per heavy atom. The van der Waals surface area contributed by atoms with Gasteiger partial charge >= 0.3 is 5.97 Å². The third-order valence-corrected chi connectivity index (χ3v) is 11.5. The highest BCUT2D eigenvalue weighted by molar-refractivity contribution is 6.01. The molecule has 13 heteroatoms. The lowest BCUT2D eigenvalue weighted by atomic mass is 9.46. The standard InChI is InChI=1S/C34H50N2O11/c1-4-8-30-46-27-18-24-23-11-10-21-17-22(37)12-14-32(21,2)31(23)25(38)19-33(24,3)34(27,47-30)26(39)20-44-29(41)13-15-35-28(40)9-6-5-7-16-45-36(42)43/h12,14,17,23-25,27,30-31,38,42-43H,4-11,13,15-16,18-20H2,1-3H3,(H,35,40)/t23-,24-,25-,27+,30?,31+,32-,33-,34?/m0/s1. The number of ether oxygens (including phenoxy) is 3. The van der Waals surface area contributed by atoms with Crippen LogP contribution in [0.4, 0.5) is 0 Å². The molecule has 4 fully saturated rings. The number of nitrogens with zero attached hydrogens (tertiary/aromatic N) is 1. The molecule has 0 aromatic heterocycles. The molecule has 0 spiro atoms. The number of ketones is 2. The zero-order valence-corrected chi connectivity index (χ0v) is 27.7. The molecule has 0 radical (unpaired) electrons.